The quantitative estimate of drug-likeness (QED) is 0.448. The predicted molar refractivity (Wildman–Crippen MR) is 113 cm³/mol. The van der Waals surface area contributed by atoms with E-state index >= 15 is 0 Å². The van der Waals surface area contributed by atoms with E-state index in [0.29, 0.717) is 23.5 Å². The van der Waals surface area contributed by atoms with Crippen LogP contribution in [0.1, 0.15) is 26.4 Å². The lowest BCUT2D eigenvalue weighted by molar-refractivity contribution is 0.0549. The molecule has 2 aromatic heterocycles. The second-order valence-electron chi connectivity index (χ2n) is 6.74. The minimum atomic E-state index is -0.683. The summed E-state index contributed by atoms with van der Waals surface area (Å²) in [7, 11) is 2.53. The van der Waals surface area contributed by atoms with E-state index in [1.807, 2.05) is 53.2 Å². The summed E-state index contributed by atoms with van der Waals surface area (Å²) in [5, 5.41) is 4.62. The van der Waals surface area contributed by atoms with Gasteiger partial charge in [-0.25, -0.2) is 19.3 Å². The van der Waals surface area contributed by atoms with Gasteiger partial charge < -0.3 is 14.0 Å². The zero-order valence-corrected chi connectivity index (χ0v) is 17.1. The maximum Gasteiger partial charge on any atom is 0.357 e. The minimum absolute atomic E-state index is 0.00978. The van der Waals surface area contributed by atoms with E-state index in [2.05, 4.69) is 10.1 Å². The van der Waals surface area contributed by atoms with Gasteiger partial charge in [0, 0.05) is 24.5 Å². The number of rotatable bonds is 6. The Labute approximate surface area is 178 Å². The van der Waals surface area contributed by atoms with Crippen molar-refractivity contribution in [1.29, 1.82) is 0 Å². The number of benzene rings is 2. The van der Waals surface area contributed by atoms with Gasteiger partial charge in [0.15, 0.2) is 5.69 Å². The van der Waals surface area contributed by atoms with Crippen LogP contribution in [0, 0.1) is 0 Å². The lowest BCUT2D eigenvalue weighted by Crippen LogP contribution is -2.15. The van der Waals surface area contributed by atoms with Gasteiger partial charge in [-0.1, -0.05) is 36.4 Å². The second-order valence-corrected chi connectivity index (χ2v) is 6.74. The van der Waals surface area contributed by atoms with Gasteiger partial charge in [0.25, 0.3) is 0 Å². The fourth-order valence-electron chi connectivity index (χ4n) is 3.36. The largest absolute Gasteiger partial charge is 0.465 e. The minimum Gasteiger partial charge on any atom is -0.465 e. The van der Waals surface area contributed by atoms with Crippen LogP contribution in [0.15, 0.2) is 73.3 Å². The summed E-state index contributed by atoms with van der Waals surface area (Å²) in [4.78, 5) is 29.5. The maximum absolute atomic E-state index is 12.7. The van der Waals surface area contributed by atoms with E-state index in [9.17, 15) is 9.59 Å². The van der Waals surface area contributed by atoms with E-state index in [1.165, 1.54) is 18.9 Å². The summed E-state index contributed by atoms with van der Waals surface area (Å²) < 4.78 is 13.3. The van der Waals surface area contributed by atoms with Crippen molar-refractivity contribution >= 4 is 11.9 Å². The fraction of sp³-hybridized carbons (Fsp3) is 0.130. The molecule has 2 aromatic carbocycles. The number of aromatic nitrogens is 4. The molecule has 0 saturated carbocycles. The van der Waals surface area contributed by atoms with Gasteiger partial charge in [-0.15, -0.1) is 0 Å². The van der Waals surface area contributed by atoms with Gasteiger partial charge in [-0.3, -0.25) is 0 Å². The first-order valence-corrected chi connectivity index (χ1v) is 9.52. The molecule has 0 fully saturated rings. The summed E-state index contributed by atoms with van der Waals surface area (Å²) in [6.07, 6.45) is 5.31. The molecule has 0 radical (unpaired) electrons. The van der Waals surface area contributed by atoms with Gasteiger partial charge in [-0.2, -0.15) is 5.10 Å². The monoisotopic (exact) mass is 416 g/mol. The number of hydrogen-bond donors (Lipinski definition) is 0. The van der Waals surface area contributed by atoms with E-state index in [4.69, 9.17) is 9.47 Å². The molecule has 156 valence electrons. The second kappa shape index (κ2) is 8.66. The molecule has 0 N–H and O–H groups in total. The zero-order valence-electron chi connectivity index (χ0n) is 17.1. The van der Waals surface area contributed by atoms with Crippen LogP contribution in [0.4, 0.5) is 0 Å². The average molecular weight is 416 g/mol. The Kier molecular flexibility index (Phi) is 5.61. The summed E-state index contributed by atoms with van der Waals surface area (Å²) in [5.41, 5.74) is 2.68. The number of ether oxygens (including phenoxy) is 2. The fourth-order valence-corrected chi connectivity index (χ4v) is 3.36. The number of para-hydroxylation sites is 1. The first kappa shape index (κ1) is 20.1. The van der Waals surface area contributed by atoms with E-state index in [1.54, 1.807) is 24.7 Å². The number of hydrogen-bond acceptors (Lipinski definition) is 6. The summed E-state index contributed by atoms with van der Waals surface area (Å²) in [5.74, 6) is -1.35. The Balaban J connectivity index is 1.90. The Morgan fingerprint density at radius 2 is 1.74 bits per heavy atom. The van der Waals surface area contributed by atoms with Gasteiger partial charge in [-0.05, 0) is 23.8 Å². The van der Waals surface area contributed by atoms with Crippen molar-refractivity contribution in [1.82, 2.24) is 19.3 Å². The lowest BCUT2D eigenvalue weighted by atomic mass is 10.0. The number of carbonyl (C=O) groups excluding carboxylic acids is 2. The molecular formula is C23H20N4O4. The number of carbonyl (C=O) groups is 2. The van der Waals surface area contributed by atoms with Crippen molar-refractivity contribution < 1.29 is 19.1 Å². The number of methoxy groups -OCH3 is 2. The lowest BCUT2D eigenvalue weighted by Gasteiger charge is -2.07. The third-order valence-corrected chi connectivity index (χ3v) is 4.78. The van der Waals surface area contributed by atoms with Crippen molar-refractivity contribution in [2.24, 2.45) is 0 Å². The Hall–Kier alpha value is -4.20. The molecule has 31 heavy (non-hydrogen) atoms. The Bertz CT molecular complexity index is 1210. The van der Waals surface area contributed by atoms with Gasteiger partial charge in [0.2, 0.25) is 0 Å². The maximum atomic E-state index is 12.7. The van der Waals surface area contributed by atoms with Crippen molar-refractivity contribution in [3.63, 3.8) is 0 Å². The van der Waals surface area contributed by atoms with Crippen LogP contribution < -0.4 is 0 Å². The van der Waals surface area contributed by atoms with Crippen LogP contribution >= 0.6 is 0 Å². The van der Waals surface area contributed by atoms with Gasteiger partial charge in [0.1, 0.15) is 11.3 Å². The standard InChI is InChI=1S/C23H20N4O4/c1-30-22(28)19-20(17-8-6-7-16(13-17)14-26-12-11-24-15-26)25-27(21(19)23(29)31-2)18-9-4-3-5-10-18/h3-13,15H,14H2,1-2H3. The van der Waals surface area contributed by atoms with Crippen molar-refractivity contribution in [2.75, 3.05) is 14.2 Å². The van der Waals surface area contributed by atoms with Crippen molar-refractivity contribution in [3.8, 4) is 16.9 Å². The first-order valence-electron chi connectivity index (χ1n) is 9.52. The number of nitrogens with zero attached hydrogens (tertiary/aromatic N) is 4. The topological polar surface area (TPSA) is 88.2 Å². The SMILES string of the molecule is COC(=O)c1c(-c2cccc(Cn3ccnc3)c2)nn(-c2ccccc2)c1C(=O)OC. The number of esters is 2. The highest BCUT2D eigenvalue weighted by Crippen LogP contribution is 2.29. The van der Waals surface area contributed by atoms with Crippen LogP contribution in [0.3, 0.4) is 0 Å². The van der Waals surface area contributed by atoms with E-state index < -0.39 is 11.9 Å². The highest BCUT2D eigenvalue weighted by molar-refractivity contribution is 6.06. The molecule has 0 bridgehead atoms. The molecule has 0 amide bonds. The molecular weight excluding hydrogens is 396 g/mol. The van der Waals surface area contributed by atoms with Gasteiger partial charge in [0.05, 0.1) is 26.2 Å². The van der Waals surface area contributed by atoms with Crippen LogP contribution in [-0.2, 0) is 16.0 Å². The van der Waals surface area contributed by atoms with Crippen LogP contribution in [0.25, 0.3) is 16.9 Å². The molecule has 0 unspecified atom stereocenters. The van der Waals surface area contributed by atoms with Gasteiger partial charge >= 0.3 is 11.9 Å². The van der Waals surface area contributed by atoms with Crippen LogP contribution in [0.2, 0.25) is 0 Å². The number of imidazole rings is 1. The molecule has 0 aliphatic heterocycles. The van der Waals surface area contributed by atoms with Crippen molar-refractivity contribution in [3.05, 3.63) is 90.1 Å². The zero-order chi connectivity index (χ0) is 21.8. The summed E-state index contributed by atoms with van der Waals surface area (Å²) in [6.45, 7) is 0.602. The first-order chi connectivity index (χ1) is 15.1. The molecule has 0 saturated heterocycles. The molecule has 0 atom stereocenters. The van der Waals surface area contributed by atoms with Crippen LogP contribution in [0.5, 0.6) is 0 Å². The predicted octanol–water partition coefficient (Wildman–Crippen LogP) is 3.36. The smallest absolute Gasteiger partial charge is 0.357 e. The molecule has 4 aromatic rings. The highest BCUT2D eigenvalue weighted by Gasteiger charge is 2.31. The Morgan fingerprint density at radius 1 is 0.968 bits per heavy atom. The highest BCUT2D eigenvalue weighted by atomic mass is 16.5. The normalized spacial score (nSPS) is 10.6. The molecule has 8 nitrogen and oxygen atoms in total. The van der Waals surface area contributed by atoms with E-state index in [0.717, 1.165) is 5.56 Å². The molecule has 4 rings (SSSR count). The molecule has 8 heteroatoms. The summed E-state index contributed by atoms with van der Waals surface area (Å²) >= 11 is 0. The Morgan fingerprint density at radius 3 is 2.42 bits per heavy atom. The molecule has 2 heterocycles. The van der Waals surface area contributed by atoms with E-state index in [-0.39, 0.29) is 11.3 Å². The van der Waals surface area contributed by atoms with Crippen LogP contribution in [-0.4, -0.2) is 45.5 Å². The summed E-state index contributed by atoms with van der Waals surface area (Å²) in [6, 6.07) is 16.7. The molecule has 0 aliphatic rings. The average Bonchev–Trinajstić information content (AvgIpc) is 3.47. The molecule has 0 aliphatic carbocycles. The van der Waals surface area contributed by atoms with Crippen molar-refractivity contribution in [2.45, 2.75) is 6.54 Å². The molecule has 0 spiro atoms. The third kappa shape index (κ3) is 3.95. The third-order valence-electron chi connectivity index (χ3n) is 4.78.